The number of aromatic nitrogens is 2. The van der Waals surface area contributed by atoms with Crippen LogP contribution >= 0.6 is 0 Å². The van der Waals surface area contributed by atoms with Crippen LogP contribution in [-0.2, 0) is 12.7 Å². The van der Waals surface area contributed by atoms with Crippen LogP contribution in [0.1, 0.15) is 57.8 Å². The van der Waals surface area contributed by atoms with E-state index in [0.29, 0.717) is 12.8 Å². The highest BCUT2D eigenvalue weighted by atomic mass is 19.4. The minimum absolute atomic E-state index is 0.137. The zero-order valence-electron chi connectivity index (χ0n) is 11.9. The fourth-order valence-corrected chi connectivity index (χ4v) is 2.06. The summed E-state index contributed by atoms with van der Waals surface area (Å²) >= 11 is 0. The molecule has 110 valence electrons. The van der Waals surface area contributed by atoms with E-state index in [4.69, 9.17) is 0 Å². The molecule has 1 aromatic rings. The molecule has 0 atom stereocenters. The lowest BCUT2D eigenvalue weighted by Crippen LogP contribution is -2.25. The Kier molecular flexibility index (Phi) is 5.40. The van der Waals surface area contributed by atoms with Crippen molar-refractivity contribution in [1.82, 2.24) is 15.1 Å². The second kappa shape index (κ2) is 6.41. The maximum atomic E-state index is 13.2. The maximum Gasteiger partial charge on any atom is 0.433 e. The highest BCUT2D eigenvalue weighted by Crippen LogP contribution is 2.34. The molecule has 0 aromatic carbocycles. The van der Waals surface area contributed by atoms with Crippen molar-refractivity contribution >= 4 is 0 Å². The van der Waals surface area contributed by atoms with E-state index in [1.54, 1.807) is 0 Å². The lowest BCUT2D eigenvalue weighted by molar-refractivity contribution is -0.145. The number of hydrogen-bond acceptors (Lipinski definition) is 2. The van der Waals surface area contributed by atoms with Gasteiger partial charge < -0.3 is 5.32 Å². The van der Waals surface area contributed by atoms with Crippen molar-refractivity contribution in [3.05, 3.63) is 17.5 Å². The first-order valence-electron chi connectivity index (χ1n) is 6.68. The molecule has 1 heterocycles. The number of halogens is 3. The molecule has 1 N–H and O–H groups in total. The topological polar surface area (TPSA) is 29.9 Å². The van der Waals surface area contributed by atoms with Gasteiger partial charge in [-0.05, 0) is 12.8 Å². The van der Waals surface area contributed by atoms with Crippen LogP contribution in [-0.4, -0.2) is 15.8 Å². The van der Waals surface area contributed by atoms with E-state index in [2.05, 4.69) is 10.4 Å². The van der Waals surface area contributed by atoms with E-state index < -0.39 is 11.9 Å². The van der Waals surface area contributed by atoms with E-state index in [1.165, 1.54) is 6.20 Å². The third kappa shape index (κ3) is 3.96. The fourth-order valence-electron chi connectivity index (χ4n) is 2.06. The van der Waals surface area contributed by atoms with Crippen LogP contribution in [0.3, 0.4) is 0 Å². The van der Waals surface area contributed by atoms with Gasteiger partial charge in [-0.3, -0.25) is 4.68 Å². The minimum atomic E-state index is -4.37. The maximum absolute atomic E-state index is 13.2. The highest BCUT2D eigenvalue weighted by molar-refractivity contribution is 5.21. The van der Waals surface area contributed by atoms with Gasteiger partial charge in [0, 0.05) is 18.2 Å². The van der Waals surface area contributed by atoms with E-state index >= 15 is 0 Å². The molecule has 1 aromatic heterocycles. The molecular formula is C13H22F3N3. The zero-order chi connectivity index (χ0) is 14.6. The van der Waals surface area contributed by atoms with Crippen molar-refractivity contribution in [2.75, 3.05) is 0 Å². The first-order chi connectivity index (χ1) is 8.81. The van der Waals surface area contributed by atoms with Crippen LogP contribution in [0.4, 0.5) is 13.2 Å². The van der Waals surface area contributed by atoms with Crippen LogP contribution in [0.5, 0.6) is 0 Å². The molecule has 0 unspecified atom stereocenters. The molecule has 3 nitrogen and oxygen atoms in total. The molecule has 0 fully saturated rings. The summed E-state index contributed by atoms with van der Waals surface area (Å²) in [5.41, 5.74) is -0.401. The molecule has 0 spiro atoms. The predicted molar refractivity (Wildman–Crippen MR) is 68.8 cm³/mol. The predicted octanol–water partition coefficient (Wildman–Crippen LogP) is 3.76. The molecule has 0 saturated carbocycles. The summed E-state index contributed by atoms with van der Waals surface area (Å²) < 4.78 is 40.8. The summed E-state index contributed by atoms with van der Waals surface area (Å²) in [6.07, 6.45) is -1.76. The SMILES string of the molecule is CCC(CC)n1ncc(CNC(C)C)c1C(F)(F)F. The monoisotopic (exact) mass is 277 g/mol. The molecular weight excluding hydrogens is 255 g/mol. The minimum Gasteiger partial charge on any atom is -0.310 e. The van der Waals surface area contributed by atoms with E-state index in [1.807, 2.05) is 27.7 Å². The molecule has 0 aliphatic rings. The van der Waals surface area contributed by atoms with Crippen LogP contribution in [0.25, 0.3) is 0 Å². The Balaban J connectivity index is 3.12. The third-order valence-corrected chi connectivity index (χ3v) is 3.13. The van der Waals surface area contributed by atoms with Crippen molar-refractivity contribution in [2.24, 2.45) is 0 Å². The lowest BCUT2D eigenvalue weighted by atomic mass is 10.1. The lowest BCUT2D eigenvalue weighted by Gasteiger charge is -2.19. The first-order valence-corrected chi connectivity index (χ1v) is 6.68. The summed E-state index contributed by atoms with van der Waals surface area (Å²) in [5, 5.41) is 6.97. The van der Waals surface area contributed by atoms with Crippen LogP contribution in [0.15, 0.2) is 6.20 Å². The molecule has 19 heavy (non-hydrogen) atoms. The molecule has 6 heteroatoms. The van der Waals surface area contributed by atoms with Crippen LogP contribution in [0, 0.1) is 0 Å². The van der Waals surface area contributed by atoms with Gasteiger partial charge in [0.15, 0.2) is 0 Å². The van der Waals surface area contributed by atoms with E-state index in [0.717, 1.165) is 4.68 Å². The van der Waals surface area contributed by atoms with Crippen molar-refractivity contribution < 1.29 is 13.2 Å². The number of nitrogens with zero attached hydrogens (tertiary/aromatic N) is 2. The van der Waals surface area contributed by atoms with E-state index in [9.17, 15) is 13.2 Å². The molecule has 0 aliphatic carbocycles. The second-order valence-corrected chi connectivity index (χ2v) is 4.97. The Morgan fingerprint density at radius 3 is 2.26 bits per heavy atom. The number of hydrogen-bond donors (Lipinski definition) is 1. The summed E-state index contributed by atoms with van der Waals surface area (Å²) in [5.74, 6) is 0. The van der Waals surface area contributed by atoms with Gasteiger partial charge in [-0.1, -0.05) is 27.7 Å². The molecule has 1 rings (SSSR count). The molecule has 0 amide bonds. The average Bonchev–Trinajstić information content (AvgIpc) is 2.72. The molecule has 0 saturated heterocycles. The summed E-state index contributed by atoms with van der Waals surface area (Å²) in [6.45, 7) is 7.74. The van der Waals surface area contributed by atoms with Crippen molar-refractivity contribution in [1.29, 1.82) is 0 Å². The van der Waals surface area contributed by atoms with Gasteiger partial charge in [-0.15, -0.1) is 0 Å². The van der Waals surface area contributed by atoms with Gasteiger partial charge in [-0.25, -0.2) is 0 Å². The number of alkyl halides is 3. The molecule has 0 aliphatic heterocycles. The number of nitrogens with one attached hydrogen (secondary N) is 1. The normalized spacial score (nSPS) is 12.7. The van der Waals surface area contributed by atoms with Gasteiger partial charge >= 0.3 is 6.18 Å². The third-order valence-electron chi connectivity index (χ3n) is 3.13. The van der Waals surface area contributed by atoms with Gasteiger partial charge in [-0.2, -0.15) is 18.3 Å². The zero-order valence-corrected chi connectivity index (χ0v) is 11.9. The Morgan fingerprint density at radius 1 is 1.26 bits per heavy atom. The number of rotatable bonds is 6. The highest BCUT2D eigenvalue weighted by Gasteiger charge is 2.39. The smallest absolute Gasteiger partial charge is 0.310 e. The van der Waals surface area contributed by atoms with Crippen molar-refractivity contribution in [3.63, 3.8) is 0 Å². The average molecular weight is 277 g/mol. The van der Waals surface area contributed by atoms with Crippen LogP contribution in [0.2, 0.25) is 0 Å². The molecule has 0 radical (unpaired) electrons. The Hall–Kier alpha value is -1.04. The Bertz CT molecular complexity index is 392. The second-order valence-electron chi connectivity index (χ2n) is 4.97. The van der Waals surface area contributed by atoms with Crippen molar-refractivity contribution in [3.8, 4) is 0 Å². The van der Waals surface area contributed by atoms with Crippen molar-refractivity contribution in [2.45, 2.75) is 65.3 Å². The largest absolute Gasteiger partial charge is 0.433 e. The Morgan fingerprint density at radius 2 is 1.84 bits per heavy atom. The van der Waals surface area contributed by atoms with Gasteiger partial charge in [0.25, 0.3) is 0 Å². The quantitative estimate of drug-likeness (QED) is 0.858. The Labute approximate surface area is 112 Å². The summed E-state index contributed by atoms with van der Waals surface area (Å²) in [4.78, 5) is 0. The summed E-state index contributed by atoms with van der Waals surface area (Å²) in [6, 6.07) is -0.0676. The van der Waals surface area contributed by atoms with Gasteiger partial charge in [0.2, 0.25) is 0 Å². The fraction of sp³-hybridized carbons (Fsp3) is 0.769. The first kappa shape index (κ1) is 16.0. The van der Waals surface area contributed by atoms with Crippen LogP contribution < -0.4 is 5.32 Å². The van der Waals surface area contributed by atoms with Gasteiger partial charge in [0.1, 0.15) is 5.69 Å². The summed E-state index contributed by atoms with van der Waals surface area (Å²) in [7, 11) is 0. The van der Waals surface area contributed by atoms with E-state index in [-0.39, 0.29) is 24.2 Å². The van der Waals surface area contributed by atoms with Gasteiger partial charge in [0.05, 0.1) is 12.2 Å². The standard InChI is InChI=1S/C13H22F3N3/c1-5-11(6-2)19-12(13(14,15)16)10(8-18-19)7-17-9(3)4/h8-9,11,17H,5-7H2,1-4H3. The molecule has 0 bridgehead atoms.